The van der Waals surface area contributed by atoms with Gasteiger partial charge in [0.1, 0.15) is 5.25 Å². The highest BCUT2D eigenvalue weighted by molar-refractivity contribution is 8.02. The third-order valence-electron chi connectivity index (χ3n) is 1.49. The molecule has 0 fully saturated rings. The second-order valence-electron chi connectivity index (χ2n) is 2.77. The van der Waals surface area contributed by atoms with Crippen LogP contribution in [0.1, 0.15) is 12.6 Å². The smallest absolute Gasteiger partial charge is 0.316 e. The summed E-state index contributed by atoms with van der Waals surface area (Å²) in [5.41, 5.74) is 0.465. The molecule has 0 radical (unpaired) electrons. The van der Waals surface area contributed by atoms with Gasteiger partial charge in [0.15, 0.2) is 4.34 Å². The highest BCUT2D eigenvalue weighted by Gasteiger charge is 2.15. The normalized spacial score (nSPS) is 12.3. The first-order valence-corrected chi connectivity index (χ1v) is 5.80. The van der Waals surface area contributed by atoms with Gasteiger partial charge in [-0.05, 0) is 6.92 Å². The predicted molar refractivity (Wildman–Crippen MR) is 56.4 cm³/mol. The minimum Gasteiger partial charge on any atom is -0.481 e. The minimum atomic E-state index is -0.942. The number of carbonyl (C=O) groups is 2. The summed E-state index contributed by atoms with van der Waals surface area (Å²) in [6.07, 6.45) is -0.126. The topological polar surface area (TPSA) is 87.5 Å². The van der Waals surface area contributed by atoms with Crippen molar-refractivity contribution in [1.29, 1.82) is 0 Å². The molecule has 0 aliphatic rings. The van der Waals surface area contributed by atoms with Crippen molar-refractivity contribution in [2.45, 2.75) is 22.9 Å². The average molecular weight is 247 g/mol. The van der Waals surface area contributed by atoms with Gasteiger partial charge in [-0.25, -0.2) is 4.98 Å². The van der Waals surface area contributed by atoms with Crippen molar-refractivity contribution in [1.82, 2.24) is 4.98 Å². The fourth-order valence-corrected chi connectivity index (χ4v) is 2.70. The molecule has 0 amide bonds. The number of hydrogen-bond donors (Lipinski definition) is 2. The number of carboxylic acids is 2. The van der Waals surface area contributed by atoms with Gasteiger partial charge in [0.25, 0.3) is 0 Å². The first-order chi connectivity index (χ1) is 6.99. The molecule has 0 saturated heterocycles. The van der Waals surface area contributed by atoms with Crippen molar-refractivity contribution in [3.8, 4) is 0 Å². The fraction of sp³-hybridized carbons (Fsp3) is 0.375. The first kappa shape index (κ1) is 12.0. The van der Waals surface area contributed by atoms with E-state index < -0.39 is 17.2 Å². The summed E-state index contributed by atoms with van der Waals surface area (Å²) in [7, 11) is 0. The summed E-state index contributed by atoms with van der Waals surface area (Å²) >= 11 is 2.38. The van der Waals surface area contributed by atoms with Gasteiger partial charge in [-0.3, -0.25) is 9.59 Å². The molecule has 0 aliphatic carbocycles. The Morgan fingerprint density at radius 1 is 1.60 bits per heavy atom. The molecular formula is C8H9NO4S2. The van der Waals surface area contributed by atoms with Crippen molar-refractivity contribution < 1.29 is 19.8 Å². The van der Waals surface area contributed by atoms with E-state index in [1.54, 1.807) is 12.3 Å². The zero-order valence-corrected chi connectivity index (χ0v) is 9.47. The summed E-state index contributed by atoms with van der Waals surface area (Å²) in [6, 6.07) is 0. The highest BCUT2D eigenvalue weighted by Crippen LogP contribution is 2.26. The van der Waals surface area contributed by atoms with Crippen LogP contribution in [0.2, 0.25) is 0 Å². The molecule has 0 aliphatic heterocycles. The van der Waals surface area contributed by atoms with Crippen LogP contribution in [-0.2, 0) is 16.0 Å². The van der Waals surface area contributed by atoms with E-state index in [-0.39, 0.29) is 6.42 Å². The second-order valence-corrected chi connectivity index (χ2v) is 5.22. The fourth-order valence-electron chi connectivity index (χ4n) is 0.780. The van der Waals surface area contributed by atoms with E-state index in [1.807, 2.05) is 0 Å². The predicted octanol–water partition coefficient (Wildman–Crippen LogP) is 1.34. The molecule has 1 aromatic rings. The standard InChI is InChI=1S/C8H9NO4S2/c1-4(7(12)13)15-8-9-5(3-14-8)2-6(10)11/h3-4H,2H2,1H3,(H,10,11)(H,12,13). The summed E-state index contributed by atoms with van der Waals surface area (Å²) in [6.45, 7) is 1.56. The maximum absolute atomic E-state index is 10.6. The van der Waals surface area contributed by atoms with E-state index in [4.69, 9.17) is 10.2 Å². The third kappa shape index (κ3) is 3.88. The zero-order valence-electron chi connectivity index (χ0n) is 7.84. The molecule has 0 aromatic carbocycles. The Hall–Kier alpha value is -1.08. The molecule has 1 heterocycles. The van der Waals surface area contributed by atoms with Gasteiger partial charge in [-0.2, -0.15) is 0 Å². The van der Waals surface area contributed by atoms with Gasteiger partial charge in [-0.1, -0.05) is 11.8 Å². The second kappa shape index (κ2) is 5.13. The molecule has 0 bridgehead atoms. The Kier molecular flexibility index (Phi) is 4.10. The van der Waals surface area contributed by atoms with Gasteiger partial charge in [0, 0.05) is 5.38 Å². The molecule has 82 valence electrons. The Labute approximate surface area is 94.2 Å². The molecule has 0 saturated carbocycles. The number of hydrogen-bond acceptors (Lipinski definition) is 5. The van der Waals surface area contributed by atoms with Crippen LogP contribution in [-0.4, -0.2) is 32.4 Å². The summed E-state index contributed by atoms with van der Waals surface area (Å²) in [4.78, 5) is 24.9. The summed E-state index contributed by atoms with van der Waals surface area (Å²) < 4.78 is 0.584. The first-order valence-electron chi connectivity index (χ1n) is 4.04. The quantitative estimate of drug-likeness (QED) is 0.763. The Morgan fingerprint density at radius 2 is 2.27 bits per heavy atom. The van der Waals surface area contributed by atoms with E-state index in [9.17, 15) is 9.59 Å². The Morgan fingerprint density at radius 3 is 2.80 bits per heavy atom. The molecular weight excluding hydrogens is 238 g/mol. The van der Waals surface area contributed by atoms with Gasteiger partial charge < -0.3 is 10.2 Å². The maximum Gasteiger partial charge on any atom is 0.316 e. The monoisotopic (exact) mass is 247 g/mol. The summed E-state index contributed by atoms with van der Waals surface area (Å²) in [5, 5.41) is 18.2. The number of carboxylic acid groups (broad SMARTS) is 2. The van der Waals surface area contributed by atoms with Crippen LogP contribution in [0.15, 0.2) is 9.72 Å². The van der Waals surface area contributed by atoms with Gasteiger partial charge in [0.2, 0.25) is 0 Å². The van der Waals surface area contributed by atoms with E-state index in [2.05, 4.69) is 4.98 Å². The van der Waals surface area contributed by atoms with Gasteiger partial charge in [0.05, 0.1) is 12.1 Å². The molecule has 1 rings (SSSR count). The lowest BCUT2D eigenvalue weighted by Gasteiger charge is -2.00. The van der Waals surface area contributed by atoms with Crippen molar-refractivity contribution in [2.75, 3.05) is 0 Å². The van der Waals surface area contributed by atoms with Crippen LogP contribution in [0, 0.1) is 0 Å². The van der Waals surface area contributed by atoms with Crippen LogP contribution < -0.4 is 0 Å². The lowest BCUT2D eigenvalue weighted by atomic mass is 10.3. The van der Waals surface area contributed by atoms with Crippen molar-refractivity contribution >= 4 is 35.0 Å². The molecule has 0 spiro atoms. The number of thioether (sulfide) groups is 1. The van der Waals surface area contributed by atoms with E-state index >= 15 is 0 Å². The van der Waals surface area contributed by atoms with E-state index in [0.717, 1.165) is 11.8 Å². The number of rotatable bonds is 5. The third-order valence-corrected chi connectivity index (χ3v) is 3.60. The molecule has 1 unspecified atom stereocenters. The molecule has 5 nitrogen and oxygen atoms in total. The van der Waals surface area contributed by atoms with Crippen LogP contribution in [0.25, 0.3) is 0 Å². The largest absolute Gasteiger partial charge is 0.481 e. The van der Waals surface area contributed by atoms with Crippen LogP contribution in [0.3, 0.4) is 0 Å². The molecule has 1 atom stereocenters. The molecule has 7 heteroatoms. The van der Waals surface area contributed by atoms with Gasteiger partial charge in [-0.15, -0.1) is 11.3 Å². The highest BCUT2D eigenvalue weighted by atomic mass is 32.2. The number of nitrogens with zero attached hydrogens (tertiary/aromatic N) is 1. The molecule has 1 aromatic heterocycles. The maximum atomic E-state index is 10.6. The summed E-state index contributed by atoms with van der Waals surface area (Å²) in [5.74, 6) is -1.85. The van der Waals surface area contributed by atoms with Crippen LogP contribution in [0.5, 0.6) is 0 Å². The van der Waals surface area contributed by atoms with E-state index in [1.165, 1.54) is 11.3 Å². The van der Waals surface area contributed by atoms with Crippen molar-refractivity contribution in [3.05, 3.63) is 11.1 Å². The zero-order chi connectivity index (χ0) is 11.4. The van der Waals surface area contributed by atoms with Crippen LogP contribution >= 0.6 is 23.1 Å². The number of aliphatic carboxylic acids is 2. The van der Waals surface area contributed by atoms with Gasteiger partial charge >= 0.3 is 11.9 Å². The van der Waals surface area contributed by atoms with Crippen molar-refractivity contribution in [3.63, 3.8) is 0 Å². The molecule has 15 heavy (non-hydrogen) atoms. The average Bonchev–Trinajstić information content (AvgIpc) is 2.51. The van der Waals surface area contributed by atoms with Crippen LogP contribution in [0.4, 0.5) is 0 Å². The number of aromatic nitrogens is 1. The Bertz CT molecular complexity index is 376. The lowest BCUT2D eigenvalue weighted by Crippen LogP contribution is -2.10. The van der Waals surface area contributed by atoms with Crippen molar-refractivity contribution in [2.24, 2.45) is 0 Å². The van der Waals surface area contributed by atoms with E-state index in [0.29, 0.717) is 10.0 Å². The Balaban J connectivity index is 2.60. The SMILES string of the molecule is CC(Sc1nc(CC(=O)O)cs1)C(=O)O. The minimum absolute atomic E-state index is 0.126. The lowest BCUT2D eigenvalue weighted by molar-refractivity contribution is -0.137. The molecule has 2 N–H and O–H groups in total. The number of thiazole rings is 1.